The van der Waals surface area contributed by atoms with Crippen LogP contribution in [-0.4, -0.2) is 4.98 Å². The quantitative estimate of drug-likeness (QED) is 0.664. The van der Waals surface area contributed by atoms with Crippen LogP contribution in [0.3, 0.4) is 0 Å². The summed E-state index contributed by atoms with van der Waals surface area (Å²) in [6.07, 6.45) is 1.91. The number of rotatable bonds is 0. The summed E-state index contributed by atoms with van der Waals surface area (Å²) >= 11 is 0. The molecular weight excluding hydrogens is 188 g/mol. The zero-order valence-corrected chi connectivity index (χ0v) is 8.58. The van der Waals surface area contributed by atoms with Crippen LogP contribution in [0, 0.1) is 6.92 Å². The number of aryl methyl sites for hydroxylation is 3. The van der Waals surface area contributed by atoms with Gasteiger partial charge in [0.2, 0.25) is 0 Å². The maximum Gasteiger partial charge on any atom is 0.191 e. The van der Waals surface area contributed by atoms with E-state index in [1.54, 1.807) is 0 Å². The van der Waals surface area contributed by atoms with Crippen LogP contribution < -0.4 is 5.73 Å². The van der Waals surface area contributed by atoms with E-state index in [0.717, 1.165) is 35.9 Å². The van der Waals surface area contributed by atoms with Crippen molar-refractivity contribution in [3.8, 4) is 11.3 Å². The van der Waals surface area contributed by atoms with E-state index in [4.69, 9.17) is 10.2 Å². The molecule has 1 heterocycles. The Labute approximate surface area is 87.9 Å². The summed E-state index contributed by atoms with van der Waals surface area (Å²) in [4.78, 5) is 4.41. The minimum Gasteiger partial charge on any atom is -0.445 e. The zero-order valence-electron chi connectivity index (χ0n) is 8.58. The SMILES string of the molecule is Cc1nc2c(o1)CCc1cc(N)ccc1-2. The van der Waals surface area contributed by atoms with Crippen molar-refractivity contribution >= 4 is 5.69 Å². The number of nitrogens with zero attached hydrogens (tertiary/aromatic N) is 1. The molecule has 1 aliphatic carbocycles. The fraction of sp³-hybridized carbons (Fsp3) is 0.250. The van der Waals surface area contributed by atoms with Gasteiger partial charge in [0.05, 0.1) is 0 Å². The molecule has 0 saturated carbocycles. The Morgan fingerprint density at radius 1 is 1.33 bits per heavy atom. The normalized spacial score (nSPS) is 13.4. The first-order valence-corrected chi connectivity index (χ1v) is 5.09. The van der Waals surface area contributed by atoms with Crippen LogP contribution >= 0.6 is 0 Å². The minimum atomic E-state index is 0.740. The highest BCUT2D eigenvalue weighted by Gasteiger charge is 2.21. The minimum absolute atomic E-state index is 0.740. The number of anilines is 1. The van der Waals surface area contributed by atoms with Gasteiger partial charge in [-0.05, 0) is 24.1 Å². The second-order valence-corrected chi connectivity index (χ2v) is 3.92. The van der Waals surface area contributed by atoms with Gasteiger partial charge in [-0.3, -0.25) is 0 Å². The molecule has 15 heavy (non-hydrogen) atoms. The number of nitrogen functional groups attached to an aromatic ring is 1. The molecule has 1 aliphatic rings. The summed E-state index contributed by atoms with van der Waals surface area (Å²) in [5.41, 5.74) is 10.0. The predicted molar refractivity (Wildman–Crippen MR) is 58.5 cm³/mol. The summed E-state index contributed by atoms with van der Waals surface area (Å²) in [5.74, 6) is 1.74. The first kappa shape index (κ1) is 8.53. The topological polar surface area (TPSA) is 52.0 Å². The number of oxazole rings is 1. The molecule has 0 bridgehead atoms. The number of nitrogens with two attached hydrogens (primary N) is 1. The first-order valence-electron chi connectivity index (χ1n) is 5.09. The number of hydrogen-bond acceptors (Lipinski definition) is 3. The average molecular weight is 200 g/mol. The molecule has 3 heteroatoms. The van der Waals surface area contributed by atoms with Crippen LogP contribution in [0.1, 0.15) is 17.2 Å². The van der Waals surface area contributed by atoms with E-state index in [-0.39, 0.29) is 0 Å². The maximum absolute atomic E-state index is 5.76. The molecule has 0 spiro atoms. The van der Waals surface area contributed by atoms with Crippen molar-refractivity contribution in [3.63, 3.8) is 0 Å². The molecule has 0 radical (unpaired) electrons. The highest BCUT2D eigenvalue weighted by atomic mass is 16.4. The molecule has 2 N–H and O–H groups in total. The van der Waals surface area contributed by atoms with Gasteiger partial charge in [-0.2, -0.15) is 0 Å². The Morgan fingerprint density at radius 3 is 3.07 bits per heavy atom. The van der Waals surface area contributed by atoms with E-state index < -0.39 is 0 Å². The Morgan fingerprint density at radius 2 is 2.20 bits per heavy atom. The lowest BCUT2D eigenvalue weighted by Crippen LogP contribution is -2.03. The van der Waals surface area contributed by atoms with Gasteiger partial charge in [0.1, 0.15) is 11.5 Å². The molecule has 1 aromatic heterocycles. The molecule has 2 aromatic rings. The lowest BCUT2D eigenvalue weighted by molar-refractivity contribution is 0.473. The summed E-state index contributed by atoms with van der Waals surface area (Å²) in [7, 11) is 0. The summed E-state index contributed by atoms with van der Waals surface area (Å²) in [5, 5.41) is 0. The van der Waals surface area contributed by atoms with Crippen LogP contribution in [0.2, 0.25) is 0 Å². The molecule has 0 atom stereocenters. The maximum atomic E-state index is 5.76. The Bertz CT molecular complexity index is 528. The monoisotopic (exact) mass is 200 g/mol. The van der Waals surface area contributed by atoms with Crippen LogP contribution in [0.5, 0.6) is 0 Å². The molecular formula is C12H12N2O. The molecule has 0 fully saturated rings. The van der Waals surface area contributed by atoms with Crippen molar-refractivity contribution < 1.29 is 4.42 Å². The molecule has 1 aromatic carbocycles. The number of benzene rings is 1. The Balaban J connectivity index is 2.25. The van der Waals surface area contributed by atoms with Gasteiger partial charge in [0.15, 0.2) is 5.89 Å². The van der Waals surface area contributed by atoms with Crippen molar-refractivity contribution in [2.75, 3.05) is 5.73 Å². The van der Waals surface area contributed by atoms with E-state index in [1.165, 1.54) is 11.1 Å². The van der Waals surface area contributed by atoms with Crippen LogP contribution in [0.15, 0.2) is 22.6 Å². The molecule has 76 valence electrons. The number of fused-ring (bicyclic) bond motifs is 3. The van der Waals surface area contributed by atoms with Gasteiger partial charge < -0.3 is 10.2 Å². The highest BCUT2D eigenvalue weighted by Crippen LogP contribution is 2.34. The van der Waals surface area contributed by atoms with Crippen LogP contribution in [0.4, 0.5) is 5.69 Å². The lowest BCUT2D eigenvalue weighted by Gasteiger charge is -2.13. The highest BCUT2D eigenvalue weighted by molar-refractivity contribution is 5.70. The van der Waals surface area contributed by atoms with Gasteiger partial charge in [0.25, 0.3) is 0 Å². The van der Waals surface area contributed by atoms with Gasteiger partial charge in [-0.25, -0.2) is 4.98 Å². The smallest absolute Gasteiger partial charge is 0.191 e. The van der Waals surface area contributed by atoms with E-state index in [1.807, 2.05) is 25.1 Å². The van der Waals surface area contributed by atoms with Crippen molar-refractivity contribution in [1.82, 2.24) is 4.98 Å². The second-order valence-electron chi connectivity index (χ2n) is 3.92. The molecule has 3 rings (SSSR count). The molecule has 0 unspecified atom stereocenters. The summed E-state index contributed by atoms with van der Waals surface area (Å²) in [6, 6.07) is 5.98. The second kappa shape index (κ2) is 2.86. The summed E-state index contributed by atoms with van der Waals surface area (Å²) < 4.78 is 5.55. The van der Waals surface area contributed by atoms with Crippen molar-refractivity contribution in [1.29, 1.82) is 0 Å². The van der Waals surface area contributed by atoms with Gasteiger partial charge >= 0.3 is 0 Å². The van der Waals surface area contributed by atoms with E-state index in [0.29, 0.717) is 0 Å². The van der Waals surface area contributed by atoms with Crippen molar-refractivity contribution in [3.05, 3.63) is 35.4 Å². The van der Waals surface area contributed by atoms with Gasteiger partial charge in [0, 0.05) is 24.6 Å². The Hall–Kier alpha value is -1.77. The fourth-order valence-corrected chi connectivity index (χ4v) is 2.15. The van der Waals surface area contributed by atoms with Gasteiger partial charge in [-0.1, -0.05) is 6.07 Å². The third kappa shape index (κ3) is 1.23. The molecule has 0 amide bonds. The van der Waals surface area contributed by atoms with Crippen molar-refractivity contribution in [2.45, 2.75) is 19.8 Å². The van der Waals surface area contributed by atoms with Crippen LogP contribution in [0.25, 0.3) is 11.3 Å². The standard InChI is InChI=1S/C12H12N2O/c1-7-14-12-10-4-3-9(13)6-8(10)2-5-11(12)15-7/h3-4,6H,2,5,13H2,1H3. The first-order chi connectivity index (χ1) is 7.24. The van der Waals surface area contributed by atoms with Crippen LogP contribution in [-0.2, 0) is 12.8 Å². The lowest BCUT2D eigenvalue weighted by atomic mass is 9.92. The molecule has 3 nitrogen and oxygen atoms in total. The number of hydrogen-bond donors (Lipinski definition) is 1. The van der Waals surface area contributed by atoms with E-state index >= 15 is 0 Å². The van der Waals surface area contributed by atoms with E-state index in [2.05, 4.69) is 4.98 Å². The summed E-state index contributed by atoms with van der Waals surface area (Å²) in [6.45, 7) is 1.88. The third-order valence-electron chi connectivity index (χ3n) is 2.81. The van der Waals surface area contributed by atoms with Crippen molar-refractivity contribution in [2.24, 2.45) is 0 Å². The van der Waals surface area contributed by atoms with Gasteiger partial charge in [-0.15, -0.1) is 0 Å². The number of aromatic nitrogens is 1. The zero-order chi connectivity index (χ0) is 10.4. The van der Waals surface area contributed by atoms with E-state index in [9.17, 15) is 0 Å². The largest absolute Gasteiger partial charge is 0.445 e. The third-order valence-corrected chi connectivity index (χ3v) is 2.81. The fourth-order valence-electron chi connectivity index (χ4n) is 2.15. The molecule has 0 aliphatic heterocycles. The molecule has 0 saturated heterocycles. The predicted octanol–water partition coefficient (Wildman–Crippen LogP) is 2.33. The Kier molecular flexibility index (Phi) is 1.63. The average Bonchev–Trinajstić information content (AvgIpc) is 2.58.